The number of morpholine rings is 1. The second-order valence-corrected chi connectivity index (χ2v) is 6.76. The quantitative estimate of drug-likeness (QED) is 0.637. The summed E-state index contributed by atoms with van der Waals surface area (Å²) in [5.74, 6) is 0.480. The molecular formula is C9H16N2O3S2. The van der Waals surface area contributed by atoms with Crippen LogP contribution in [0.15, 0.2) is 0 Å². The molecule has 1 atom stereocenters. The topological polar surface area (TPSA) is 58.6 Å². The van der Waals surface area contributed by atoms with Crippen LogP contribution in [-0.2, 0) is 14.6 Å². The van der Waals surface area contributed by atoms with E-state index in [9.17, 15) is 8.42 Å². The van der Waals surface area contributed by atoms with Crippen LogP contribution in [0.5, 0.6) is 0 Å². The molecule has 2 saturated heterocycles. The van der Waals surface area contributed by atoms with Crippen molar-refractivity contribution in [2.24, 2.45) is 0 Å². The standard InChI is InChI=1S/C9H16N2O3S2/c12-16(13)6-1-8(7-16)10-9(15)11-2-4-14-5-3-11/h8H,1-7H2,(H,10,15)/t8-/m1/s1. The summed E-state index contributed by atoms with van der Waals surface area (Å²) in [7, 11) is -2.84. The van der Waals surface area contributed by atoms with Gasteiger partial charge in [0.15, 0.2) is 14.9 Å². The Balaban J connectivity index is 1.83. The van der Waals surface area contributed by atoms with Crippen molar-refractivity contribution in [2.45, 2.75) is 12.5 Å². The second kappa shape index (κ2) is 4.85. The highest BCUT2D eigenvalue weighted by Crippen LogP contribution is 2.12. The SMILES string of the molecule is O=S1(=O)CC[C@@H](NC(=S)N2CCOCC2)C1. The molecule has 0 aromatic rings. The number of ether oxygens (including phenoxy) is 1. The highest BCUT2D eigenvalue weighted by atomic mass is 32.2. The first-order valence-electron chi connectivity index (χ1n) is 5.40. The smallest absolute Gasteiger partial charge is 0.169 e. The van der Waals surface area contributed by atoms with E-state index in [1.54, 1.807) is 0 Å². The lowest BCUT2D eigenvalue weighted by atomic mass is 10.3. The average Bonchev–Trinajstić information content (AvgIpc) is 2.59. The van der Waals surface area contributed by atoms with E-state index in [1.165, 1.54) is 0 Å². The Morgan fingerprint density at radius 1 is 1.38 bits per heavy atom. The summed E-state index contributed by atoms with van der Waals surface area (Å²) < 4.78 is 27.8. The minimum absolute atomic E-state index is 0.0136. The van der Waals surface area contributed by atoms with Gasteiger partial charge in [-0.1, -0.05) is 0 Å². The van der Waals surface area contributed by atoms with E-state index in [-0.39, 0.29) is 17.5 Å². The number of sulfone groups is 1. The molecule has 0 saturated carbocycles. The maximum atomic E-state index is 11.3. The van der Waals surface area contributed by atoms with Crippen LogP contribution in [0.3, 0.4) is 0 Å². The molecule has 0 bridgehead atoms. The molecule has 0 spiro atoms. The molecule has 0 aromatic carbocycles. The second-order valence-electron chi connectivity index (χ2n) is 4.15. The molecule has 16 heavy (non-hydrogen) atoms. The van der Waals surface area contributed by atoms with Gasteiger partial charge in [-0.05, 0) is 18.6 Å². The average molecular weight is 264 g/mol. The van der Waals surface area contributed by atoms with E-state index in [0.717, 1.165) is 13.1 Å². The molecule has 2 aliphatic rings. The molecule has 0 radical (unpaired) electrons. The van der Waals surface area contributed by atoms with Crippen molar-refractivity contribution in [3.05, 3.63) is 0 Å². The third kappa shape index (κ3) is 3.05. The van der Waals surface area contributed by atoms with E-state index < -0.39 is 9.84 Å². The monoisotopic (exact) mass is 264 g/mol. The summed E-state index contributed by atoms with van der Waals surface area (Å²) in [6.07, 6.45) is 0.660. The summed E-state index contributed by atoms with van der Waals surface area (Å²) in [5, 5.41) is 3.78. The van der Waals surface area contributed by atoms with Crippen LogP contribution in [0.4, 0.5) is 0 Å². The third-order valence-corrected chi connectivity index (χ3v) is 5.00. The normalized spacial score (nSPS) is 29.0. The number of hydrogen-bond acceptors (Lipinski definition) is 4. The number of thiocarbonyl (C=S) groups is 1. The van der Waals surface area contributed by atoms with Gasteiger partial charge in [0.1, 0.15) is 0 Å². The zero-order chi connectivity index (χ0) is 11.6. The zero-order valence-electron chi connectivity index (χ0n) is 9.02. The maximum absolute atomic E-state index is 11.3. The molecule has 5 nitrogen and oxygen atoms in total. The lowest BCUT2D eigenvalue weighted by Crippen LogP contribution is -2.49. The molecule has 2 rings (SSSR count). The number of rotatable bonds is 1. The van der Waals surface area contributed by atoms with Crippen molar-refractivity contribution < 1.29 is 13.2 Å². The van der Waals surface area contributed by atoms with Crippen LogP contribution in [0.2, 0.25) is 0 Å². The van der Waals surface area contributed by atoms with Crippen LogP contribution in [-0.4, -0.2) is 62.3 Å². The van der Waals surface area contributed by atoms with E-state index in [0.29, 0.717) is 24.7 Å². The van der Waals surface area contributed by atoms with Crippen molar-refractivity contribution in [3.63, 3.8) is 0 Å². The molecule has 0 aliphatic carbocycles. The molecule has 0 unspecified atom stereocenters. The fourth-order valence-corrected chi connectivity index (χ4v) is 3.96. The molecule has 2 fully saturated rings. The molecule has 7 heteroatoms. The first-order chi connectivity index (χ1) is 7.57. The predicted molar refractivity (Wildman–Crippen MR) is 65.2 cm³/mol. The highest BCUT2D eigenvalue weighted by Gasteiger charge is 2.29. The Morgan fingerprint density at radius 3 is 2.62 bits per heavy atom. The van der Waals surface area contributed by atoms with Gasteiger partial charge < -0.3 is 15.0 Å². The van der Waals surface area contributed by atoms with Crippen molar-refractivity contribution in [1.29, 1.82) is 0 Å². The van der Waals surface area contributed by atoms with E-state index in [1.807, 2.05) is 4.90 Å². The van der Waals surface area contributed by atoms with Gasteiger partial charge in [0.25, 0.3) is 0 Å². The minimum atomic E-state index is -2.84. The van der Waals surface area contributed by atoms with Crippen molar-refractivity contribution in [2.75, 3.05) is 37.8 Å². The van der Waals surface area contributed by atoms with E-state index >= 15 is 0 Å². The largest absolute Gasteiger partial charge is 0.378 e. The number of nitrogens with one attached hydrogen (secondary N) is 1. The van der Waals surface area contributed by atoms with Gasteiger partial charge >= 0.3 is 0 Å². The summed E-state index contributed by atoms with van der Waals surface area (Å²) in [4.78, 5) is 2.03. The first-order valence-corrected chi connectivity index (χ1v) is 7.63. The van der Waals surface area contributed by atoms with Crippen LogP contribution >= 0.6 is 12.2 Å². The van der Waals surface area contributed by atoms with Gasteiger partial charge in [0.2, 0.25) is 0 Å². The highest BCUT2D eigenvalue weighted by molar-refractivity contribution is 7.91. The molecule has 92 valence electrons. The molecular weight excluding hydrogens is 248 g/mol. The van der Waals surface area contributed by atoms with Gasteiger partial charge in [-0.15, -0.1) is 0 Å². The number of hydrogen-bond donors (Lipinski definition) is 1. The summed E-state index contributed by atoms with van der Waals surface area (Å²) in [6, 6.07) is -0.0136. The molecule has 2 aliphatic heterocycles. The van der Waals surface area contributed by atoms with Crippen molar-refractivity contribution in [3.8, 4) is 0 Å². The summed E-state index contributed by atoms with van der Waals surface area (Å²) in [5.41, 5.74) is 0. The van der Waals surface area contributed by atoms with Gasteiger partial charge in [-0.3, -0.25) is 0 Å². The Morgan fingerprint density at radius 2 is 2.06 bits per heavy atom. The van der Waals surface area contributed by atoms with Gasteiger partial charge in [0.05, 0.1) is 24.7 Å². The Kier molecular flexibility index (Phi) is 3.66. The molecule has 0 amide bonds. The van der Waals surface area contributed by atoms with Gasteiger partial charge in [0, 0.05) is 19.1 Å². The van der Waals surface area contributed by atoms with Crippen LogP contribution in [0.25, 0.3) is 0 Å². The number of nitrogens with zero attached hydrogens (tertiary/aromatic N) is 1. The van der Waals surface area contributed by atoms with Gasteiger partial charge in [-0.25, -0.2) is 8.42 Å². The van der Waals surface area contributed by atoms with Crippen molar-refractivity contribution in [1.82, 2.24) is 10.2 Å². The van der Waals surface area contributed by atoms with Crippen LogP contribution in [0, 0.1) is 0 Å². The Labute approximate surface area is 101 Å². The lowest BCUT2D eigenvalue weighted by Gasteiger charge is -2.30. The van der Waals surface area contributed by atoms with Crippen molar-refractivity contribution >= 4 is 27.2 Å². The lowest BCUT2D eigenvalue weighted by molar-refractivity contribution is 0.0675. The maximum Gasteiger partial charge on any atom is 0.169 e. The Hall–Kier alpha value is -0.400. The summed E-state index contributed by atoms with van der Waals surface area (Å²) in [6.45, 7) is 2.94. The van der Waals surface area contributed by atoms with Crippen LogP contribution in [0.1, 0.15) is 6.42 Å². The molecule has 1 N–H and O–H groups in total. The van der Waals surface area contributed by atoms with E-state index in [4.69, 9.17) is 17.0 Å². The minimum Gasteiger partial charge on any atom is -0.378 e. The fourth-order valence-electron chi connectivity index (χ4n) is 1.94. The van der Waals surface area contributed by atoms with Gasteiger partial charge in [-0.2, -0.15) is 0 Å². The Bertz CT molecular complexity index is 363. The third-order valence-electron chi connectivity index (χ3n) is 2.86. The first kappa shape index (κ1) is 12.1. The van der Waals surface area contributed by atoms with E-state index in [2.05, 4.69) is 5.32 Å². The molecule has 0 aromatic heterocycles. The summed E-state index contributed by atoms with van der Waals surface area (Å²) >= 11 is 5.25. The fraction of sp³-hybridized carbons (Fsp3) is 0.889. The predicted octanol–water partition coefficient (Wildman–Crippen LogP) is -0.620. The molecule has 2 heterocycles. The van der Waals surface area contributed by atoms with Crippen LogP contribution < -0.4 is 5.32 Å². The zero-order valence-corrected chi connectivity index (χ0v) is 10.6.